The number of carbonyl (C=O) groups excluding carboxylic acids is 3. The predicted octanol–water partition coefficient (Wildman–Crippen LogP) is 0.554. The van der Waals surface area contributed by atoms with Gasteiger partial charge in [0.1, 0.15) is 36.2 Å². The molecule has 13 nitrogen and oxygen atoms in total. The number of amidine groups is 1. The van der Waals surface area contributed by atoms with E-state index in [4.69, 9.17) is 30.4 Å². The number of esters is 2. The van der Waals surface area contributed by atoms with Crippen molar-refractivity contribution >= 4 is 30.0 Å². The normalized spacial score (nSPS) is 25.8. The maximum atomic E-state index is 12.9. The van der Waals surface area contributed by atoms with Gasteiger partial charge in [-0.2, -0.15) is 0 Å². The quantitative estimate of drug-likeness (QED) is 0.125. The highest BCUT2D eigenvalue weighted by Crippen LogP contribution is 2.41. The van der Waals surface area contributed by atoms with Crippen LogP contribution in [0, 0.1) is 11.8 Å². The zero-order valence-corrected chi connectivity index (χ0v) is 26.8. The van der Waals surface area contributed by atoms with Gasteiger partial charge in [0.25, 0.3) is 5.84 Å². The molecule has 44 heavy (non-hydrogen) atoms. The molecule has 1 aliphatic carbocycles. The summed E-state index contributed by atoms with van der Waals surface area (Å²) >= 11 is 0. The fourth-order valence-corrected chi connectivity index (χ4v) is 5.54. The number of carbonyl (C=O) groups is 3. The highest BCUT2D eigenvalue weighted by molar-refractivity contribution is 6.01. The van der Waals surface area contributed by atoms with Crippen LogP contribution >= 0.6 is 0 Å². The number of rotatable bonds is 12. The molecule has 2 aliphatic rings. The topological polar surface area (TPSA) is 203 Å². The van der Waals surface area contributed by atoms with E-state index in [-0.39, 0.29) is 30.2 Å². The molecule has 0 bridgehead atoms. The molecular weight excluding hydrogens is 570 g/mol. The van der Waals surface area contributed by atoms with E-state index < -0.39 is 47.4 Å². The third kappa shape index (κ3) is 8.52. The van der Waals surface area contributed by atoms with Gasteiger partial charge in [0.15, 0.2) is 18.0 Å². The monoisotopic (exact) mass is 620 g/mol. The molecule has 1 saturated carbocycles. The van der Waals surface area contributed by atoms with Crippen molar-refractivity contribution in [3.8, 4) is 0 Å². The summed E-state index contributed by atoms with van der Waals surface area (Å²) in [6.07, 6.45) is 3.29. The van der Waals surface area contributed by atoms with Crippen molar-refractivity contribution in [1.29, 1.82) is 0 Å². The summed E-state index contributed by atoms with van der Waals surface area (Å²) in [6, 6.07) is 2.37. The predicted molar refractivity (Wildman–Crippen MR) is 162 cm³/mol. The van der Waals surface area contributed by atoms with Gasteiger partial charge in [-0.05, 0) is 64.5 Å². The number of aromatic nitrogens is 1. The first-order valence-corrected chi connectivity index (χ1v) is 15.5. The molecule has 1 amide bonds. The highest BCUT2D eigenvalue weighted by Gasteiger charge is 2.56. The number of H-pyrrole nitrogens is 1. The Hall–Kier alpha value is -3.13. The van der Waals surface area contributed by atoms with Crippen LogP contribution in [0.4, 0.5) is 0 Å². The Balaban J connectivity index is 1.86. The van der Waals surface area contributed by atoms with E-state index in [2.05, 4.69) is 15.0 Å². The standard InChI is InChI=1S/C31H49N5O8/c1-7-42-30(4,5)29(40)36-27(34-17-32)20-13-14-22(35-20)31(6)26(38)25(43-28(39)24(33)18(2)3)21(44-31)16-41-23(37)15-19-11-9-8-10-12-19/h13-14,17-19,21,24-26,35,38H,7-12,15-16,33H2,1-6H3,(H2,32,34,36,40)/p+1/t21-,24+,25-,26-,31+/m1/s1. The van der Waals surface area contributed by atoms with Crippen molar-refractivity contribution in [3.05, 3.63) is 23.5 Å². The first kappa shape index (κ1) is 35.4. The second kappa shape index (κ2) is 15.2. The van der Waals surface area contributed by atoms with Crippen molar-refractivity contribution < 1.29 is 43.4 Å². The molecule has 5 atom stereocenters. The van der Waals surface area contributed by atoms with Crippen molar-refractivity contribution in [2.45, 2.75) is 116 Å². The second-order valence-corrected chi connectivity index (χ2v) is 12.6. The van der Waals surface area contributed by atoms with Crippen LogP contribution in [0.15, 0.2) is 17.1 Å². The molecule has 0 aromatic carbocycles. The Labute approximate surface area is 259 Å². The molecule has 2 fully saturated rings. The molecule has 0 radical (unpaired) electrons. The molecule has 1 aromatic rings. The van der Waals surface area contributed by atoms with Crippen molar-refractivity contribution in [1.82, 2.24) is 4.98 Å². The smallest absolute Gasteiger partial charge is 0.347 e. The zero-order chi connectivity index (χ0) is 32.7. The van der Waals surface area contributed by atoms with Gasteiger partial charge in [-0.3, -0.25) is 9.59 Å². The third-order valence-electron chi connectivity index (χ3n) is 8.40. The lowest BCUT2D eigenvalue weighted by Gasteiger charge is -2.27. The molecular formula is C31H50N5O8+. The van der Waals surface area contributed by atoms with Gasteiger partial charge in [-0.25, -0.2) is 9.79 Å². The summed E-state index contributed by atoms with van der Waals surface area (Å²) < 4.78 is 23.1. The number of aliphatic hydroxyl groups is 1. The number of ether oxygens (including phenoxy) is 4. The van der Waals surface area contributed by atoms with E-state index in [1.807, 2.05) is 0 Å². The van der Waals surface area contributed by atoms with E-state index in [0.29, 0.717) is 24.4 Å². The number of aromatic amines is 1. The molecule has 2 heterocycles. The van der Waals surface area contributed by atoms with E-state index in [1.54, 1.807) is 53.7 Å². The zero-order valence-electron chi connectivity index (χ0n) is 26.8. The molecule has 7 N–H and O–H groups in total. The number of nitrogens with one attached hydrogen (secondary N) is 2. The Morgan fingerprint density at radius 2 is 1.93 bits per heavy atom. The van der Waals surface area contributed by atoms with Gasteiger partial charge in [-0.15, -0.1) is 0 Å². The lowest BCUT2D eigenvalue weighted by atomic mass is 9.87. The number of aliphatic imine (C=N–C) groups is 1. The maximum absolute atomic E-state index is 12.9. The lowest BCUT2D eigenvalue weighted by molar-refractivity contribution is -0.309. The Kier molecular flexibility index (Phi) is 12.2. The van der Waals surface area contributed by atoms with Crippen LogP contribution in [0.3, 0.4) is 0 Å². The summed E-state index contributed by atoms with van der Waals surface area (Å²) in [5.41, 5.74) is 9.79. The summed E-state index contributed by atoms with van der Waals surface area (Å²) in [4.78, 5) is 48.5. The van der Waals surface area contributed by atoms with Crippen LogP contribution in [0.5, 0.6) is 0 Å². The van der Waals surface area contributed by atoms with Gasteiger partial charge in [0.05, 0.1) is 5.69 Å². The van der Waals surface area contributed by atoms with E-state index in [9.17, 15) is 19.5 Å². The number of amides is 1. The molecule has 0 spiro atoms. The van der Waals surface area contributed by atoms with E-state index in [1.165, 1.54) is 6.42 Å². The van der Waals surface area contributed by atoms with E-state index >= 15 is 0 Å². The molecule has 1 aliphatic heterocycles. The first-order chi connectivity index (χ1) is 20.7. The van der Waals surface area contributed by atoms with Crippen LogP contribution in [0.1, 0.15) is 91.5 Å². The Morgan fingerprint density at radius 3 is 2.55 bits per heavy atom. The van der Waals surface area contributed by atoms with Crippen LogP contribution in [-0.2, 0) is 38.9 Å². The average molecular weight is 621 g/mol. The molecule has 0 unspecified atom stereocenters. The first-order valence-electron chi connectivity index (χ1n) is 15.5. The lowest BCUT2D eigenvalue weighted by Crippen LogP contribution is -2.76. The fourth-order valence-electron chi connectivity index (χ4n) is 5.54. The maximum Gasteiger partial charge on any atom is 0.347 e. The molecule has 3 rings (SSSR count). The Morgan fingerprint density at radius 1 is 1.25 bits per heavy atom. The SMILES string of the molecule is CCOC(C)(C)C(=O)N=C([NH+]=CN)c1ccc([C@]2(C)O[C@H](COC(=O)CC3CCCCC3)[C@@H](OC(=O)[C@@H](N)C(C)C)[C@H]2O)[nH]1. The van der Waals surface area contributed by atoms with Crippen molar-refractivity contribution in [3.63, 3.8) is 0 Å². The average Bonchev–Trinajstić information content (AvgIpc) is 3.56. The van der Waals surface area contributed by atoms with Crippen molar-refractivity contribution in [2.24, 2.45) is 28.3 Å². The van der Waals surface area contributed by atoms with Crippen LogP contribution in [-0.4, -0.2) is 83.3 Å². The number of hydrogen-bond donors (Lipinski definition) is 5. The van der Waals surface area contributed by atoms with Crippen LogP contribution in [0.2, 0.25) is 0 Å². The summed E-state index contributed by atoms with van der Waals surface area (Å²) in [6.45, 7) is 10.3. The molecule has 13 heteroatoms. The number of nitrogens with zero attached hydrogens (tertiary/aromatic N) is 1. The molecule has 1 saturated heterocycles. The second-order valence-electron chi connectivity index (χ2n) is 12.6. The number of aliphatic hydroxyl groups excluding tert-OH is 1. The minimum atomic E-state index is -1.43. The summed E-state index contributed by atoms with van der Waals surface area (Å²) in [5.74, 6) is -1.40. The van der Waals surface area contributed by atoms with Crippen molar-refractivity contribution in [2.75, 3.05) is 13.2 Å². The number of hydrogen-bond acceptors (Lipinski definition) is 9. The highest BCUT2D eigenvalue weighted by atomic mass is 16.6. The fraction of sp³-hybridized carbons (Fsp3) is 0.710. The minimum Gasteiger partial charge on any atom is -0.463 e. The van der Waals surface area contributed by atoms with Crippen LogP contribution in [0.25, 0.3) is 0 Å². The van der Waals surface area contributed by atoms with E-state index in [0.717, 1.165) is 32.0 Å². The van der Waals surface area contributed by atoms with Gasteiger partial charge in [0, 0.05) is 13.0 Å². The van der Waals surface area contributed by atoms with Gasteiger partial charge < -0.3 is 40.5 Å². The summed E-state index contributed by atoms with van der Waals surface area (Å²) in [7, 11) is 0. The summed E-state index contributed by atoms with van der Waals surface area (Å²) in [5, 5.41) is 11.5. The largest absolute Gasteiger partial charge is 0.463 e. The van der Waals surface area contributed by atoms with Crippen LogP contribution < -0.4 is 16.5 Å². The third-order valence-corrected chi connectivity index (χ3v) is 8.40. The Bertz CT molecular complexity index is 1210. The van der Waals surface area contributed by atoms with Gasteiger partial charge >= 0.3 is 17.8 Å². The molecule has 1 aromatic heterocycles. The molecule has 246 valence electrons. The van der Waals surface area contributed by atoms with Gasteiger partial charge in [-0.1, -0.05) is 38.1 Å². The van der Waals surface area contributed by atoms with Gasteiger partial charge in [0.2, 0.25) is 0 Å². The number of nitrogens with two attached hydrogens (primary N) is 2. The minimum absolute atomic E-state index is 0.117.